The number of benzene rings is 2. The lowest BCUT2D eigenvalue weighted by atomic mass is 10.3. The summed E-state index contributed by atoms with van der Waals surface area (Å²) in [5.74, 6) is 0. The van der Waals surface area contributed by atoms with Gasteiger partial charge < -0.3 is 5.32 Å². The molecule has 2 nitrogen and oxygen atoms in total. The molecule has 0 aliphatic rings. The van der Waals surface area contributed by atoms with Crippen LogP contribution < -0.4 is 5.32 Å². The highest BCUT2D eigenvalue weighted by atomic mass is 32.2. The molecule has 1 N–H and O–H groups in total. The van der Waals surface area contributed by atoms with E-state index in [4.69, 9.17) is 0 Å². The molecule has 0 bridgehead atoms. The summed E-state index contributed by atoms with van der Waals surface area (Å²) in [6.07, 6.45) is 0. The van der Waals surface area contributed by atoms with Gasteiger partial charge in [-0.05, 0) is 43.3 Å². The van der Waals surface area contributed by atoms with Crippen molar-refractivity contribution in [3.05, 3.63) is 54.6 Å². The first-order valence-corrected chi connectivity index (χ1v) is 6.77. The third-order valence-electron chi connectivity index (χ3n) is 2.41. The second-order valence-corrected chi connectivity index (χ2v) is 5.12. The van der Waals surface area contributed by atoms with Crippen molar-refractivity contribution < 1.29 is 4.21 Å². The number of rotatable bonds is 4. The number of nitrogens with one attached hydrogen (secondary N) is 1. The summed E-state index contributed by atoms with van der Waals surface area (Å²) in [5, 5.41) is 3.21. The van der Waals surface area contributed by atoms with Crippen molar-refractivity contribution in [2.24, 2.45) is 0 Å². The van der Waals surface area contributed by atoms with Crippen molar-refractivity contribution in [3.8, 4) is 0 Å². The minimum Gasteiger partial charge on any atom is -0.385 e. The lowest BCUT2D eigenvalue weighted by Crippen LogP contribution is -1.97. The van der Waals surface area contributed by atoms with E-state index in [-0.39, 0.29) is 0 Å². The van der Waals surface area contributed by atoms with Gasteiger partial charge in [0.2, 0.25) is 0 Å². The van der Waals surface area contributed by atoms with Crippen LogP contribution in [-0.2, 0) is 10.8 Å². The topological polar surface area (TPSA) is 29.1 Å². The van der Waals surface area contributed by atoms with Gasteiger partial charge in [-0.25, -0.2) is 4.21 Å². The average Bonchev–Trinajstić information content (AvgIpc) is 2.40. The van der Waals surface area contributed by atoms with Gasteiger partial charge in [0.25, 0.3) is 0 Å². The lowest BCUT2D eigenvalue weighted by Gasteiger charge is -2.05. The van der Waals surface area contributed by atoms with E-state index >= 15 is 0 Å². The molecule has 2 aromatic rings. The molecule has 17 heavy (non-hydrogen) atoms. The second kappa shape index (κ2) is 5.64. The normalized spacial score (nSPS) is 12.1. The Balaban J connectivity index is 2.20. The highest BCUT2D eigenvalue weighted by Gasteiger charge is 2.05. The third-order valence-corrected chi connectivity index (χ3v) is 3.81. The maximum Gasteiger partial charge on any atom is 0.0849 e. The van der Waals surface area contributed by atoms with E-state index in [2.05, 4.69) is 12.2 Å². The summed E-state index contributed by atoms with van der Waals surface area (Å²) in [5.41, 5.74) is 1.06. The Bertz CT molecular complexity index is 493. The van der Waals surface area contributed by atoms with Crippen LogP contribution in [0.15, 0.2) is 64.4 Å². The fourth-order valence-electron chi connectivity index (χ4n) is 1.58. The van der Waals surface area contributed by atoms with Gasteiger partial charge in [0.1, 0.15) is 0 Å². The van der Waals surface area contributed by atoms with Crippen LogP contribution >= 0.6 is 0 Å². The predicted molar refractivity (Wildman–Crippen MR) is 71.7 cm³/mol. The van der Waals surface area contributed by atoms with Crippen molar-refractivity contribution in [1.82, 2.24) is 0 Å². The molecule has 3 heteroatoms. The van der Waals surface area contributed by atoms with E-state index < -0.39 is 10.8 Å². The highest BCUT2D eigenvalue weighted by molar-refractivity contribution is 7.85. The summed E-state index contributed by atoms with van der Waals surface area (Å²) in [6.45, 7) is 2.94. The van der Waals surface area contributed by atoms with Crippen LogP contribution in [0.4, 0.5) is 5.69 Å². The lowest BCUT2D eigenvalue weighted by molar-refractivity contribution is 0.683. The smallest absolute Gasteiger partial charge is 0.0849 e. The molecule has 2 rings (SSSR count). The molecule has 1 atom stereocenters. The zero-order valence-electron chi connectivity index (χ0n) is 9.72. The van der Waals surface area contributed by atoms with E-state index in [0.29, 0.717) is 0 Å². The van der Waals surface area contributed by atoms with E-state index in [1.54, 1.807) is 0 Å². The van der Waals surface area contributed by atoms with Crippen molar-refractivity contribution in [3.63, 3.8) is 0 Å². The molecule has 0 radical (unpaired) electrons. The number of hydrogen-bond acceptors (Lipinski definition) is 2. The van der Waals surface area contributed by atoms with Crippen LogP contribution in [0, 0.1) is 0 Å². The Kier molecular flexibility index (Phi) is 3.94. The van der Waals surface area contributed by atoms with Crippen LogP contribution in [0.3, 0.4) is 0 Å². The predicted octanol–water partition coefficient (Wildman–Crippen LogP) is 3.29. The van der Waals surface area contributed by atoms with E-state index in [1.165, 1.54) is 0 Å². The van der Waals surface area contributed by atoms with Gasteiger partial charge in [0.05, 0.1) is 10.8 Å². The first-order chi connectivity index (χ1) is 8.31. The van der Waals surface area contributed by atoms with Crippen LogP contribution in [0.25, 0.3) is 0 Å². The molecule has 1 unspecified atom stereocenters. The molecule has 0 aliphatic carbocycles. The zero-order chi connectivity index (χ0) is 12.1. The zero-order valence-corrected chi connectivity index (χ0v) is 10.5. The third kappa shape index (κ3) is 2.94. The Morgan fingerprint density at radius 3 is 2.12 bits per heavy atom. The van der Waals surface area contributed by atoms with Crippen LogP contribution in [-0.4, -0.2) is 10.8 Å². The Hall–Kier alpha value is -1.61. The average molecular weight is 245 g/mol. The Labute approximate surface area is 104 Å². The molecule has 0 aromatic heterocycles. The molecule has 2 aromatic carbocycles. The molecule has 0 aliphatic heterocycles. The molecule has 0 saturated carbocycles. The first kappa shape index (κ1) is 11.9. The molecular formula is C14H15NOS. The van der Waals surface area contributed by atoms with Crippen molar-refractivity contribution >= 4 is 16.5 Å². The van der Waals surface area contributed by atoms with Crippen LogP contribution in [0.5, 0.6) is 0 Å². The molecular weight excluding hydrogens is 230 g/mol. The summed E-state index contributed by atoms with van der Waals surface area (Å²) >= 11 is 0. The second-order valence-electron chi connectivity index (χ2n) is 3.64. The van der Waals surface area contributed by atoms with Gasteiger partial charge in [-0.15, -0.1) is 0 Å². The summed E-state index contributed by atoms with van der Waals surface area (Å²) in [6, 6.07) is 17.2. The number of hydrogen-bond donors (Lipinski definition) is 1. The van der Waals surface area contributed by atoms with E-state index in [0.717, 1.165) is 22.0 Å². The molecule has 0 heterocycles. The minimum atomic E-state index is -1.09. The molecule has 0 fully saturated rings. The standard InChI is InChI=1S/C14H15NOS/c1-2-15-12-8-10-14(11-9-12)17(16)13-6-4-3-5-7-13/h3-11,15H,2H2,1H3. The minimum absolute atomic E-state index is 0.831. The van der Waals surface area contributed by atoms with Gasteiger partial charge >= 0.3 is 0 Å². The summed E-state index contributed by atoms with van der Waals surface area (Å²) in [4.78, 5) is 1.67. The van der Waals surface area contributed by atoms with Crippen LogP contribution in [0.1, 0.15) is 6.92 Å². The monoisotopic (exact) mass is 245 g/mol. The molecule has 0 spiro atoms. The van der Waals surface area contributed by atoms with Gasteiger partial charge in [-0.1, -0.05) is 18.2 Å². The van der Waals surface area contributed by atoms with Crippen molar-refractivity contribution in [2.75, 3.05) is 11.9 Å². The highest BCUT2D eigenvalue weighted by Crippen LogP contribution is 2.18. The summed E-state index contributed by atoms with van der Waals surface area (Å²) < 4.78 is 12.2. The Morgan fingerprint density at radius 2 is 1.53 bits per heavy atom. The van der Waals surface area contributed by atoms with Crippen molar-refractivity contribution in [2.45, 2.75) is 16.7 Å². The van der Waals surface area contributed by atoms with E-state index in [1.807, 2.05) is 54.6 Å². The quantitative estimate of drug-likeness (QED) is 0.895. The summed E-state index contributed by atoms with van der Waals surface area (Å²) in [7, 11) is -1.09. The fraction of sp³-hybridized carbons (Fsp3) is 0.143. The maximum atomic E-state index is 12.2. The fourth-order valence-corrected chi connectivity index (χ4v) is 2.64. The first-order valence-electron chi connectivity index (χ1n) is 5.62. The van der Waals surface area contributed by atoms with Gasteiger partial charge in [0.15, 0.2) is 0 Å². The maximum absolute atomic E-state index is 12.2. The molecule has 0 saturated heterocycles. The van der Waals surface area contributed by atoms with Gasteiger partial charge in [-0.2, -0.15) is 0 Å². The molecule has 88 valence electrons. The van der Waals surface area contributed by atoms with Crippen molar-refractivity contribution in [1.29, 1.82) is 0 Å². The molecule has 0 amide bonds. The van der Waals surface area contributed by atoms with Gasteiger partial charge in [0, 0.05) is 22.0 Å². The Morgan fingerprint density at radius 1 is 0.941 bits per heavy atom. The number of anilines is 1. The van der Waals surface area contributed by atoms with E-state index in [9.17, 15) is 4.21 Å². The van der Waals surface area contributed by atoms with Gasteiger partial charge in [-0.3, -0.25) is 0 Å². The van der Waals surface area contributed by atoms with Crippen LogP contribution in [0.2, 0.25) is 0 Å². The SMILES string of the molecule is CCNc1ccc(S(=O)c2ccccc2)cc1. The largest absolute Gasteiger partial charge is 0.385 e.